The van der Waals surface area contributed by atoms with Crippen molar-refractivity contribution < 1.29 is 13.5 Å². The fourth-order valence-corrected chi connectivity index (χ4v) is 2.31. The smallest absolute Gasteiger partial charge is 0.189 e. The second-order valence-electron chi connectivity index (χ2n) is 4.35. The Labute approximate surface area is 127 Å². The predicted octanol–water partition coefficient (Wildman–Crippen LogP) is 4.65. The zero-order valence-corrected chi connectivity index (χ0v) is 12.2. The van der Waals surface area contributed by atoms with E-state index in [1.165, 1.54) is 24.4 Å². The molecule has 0 saturated carbocycles. The standard InChI is InChI=1S/C15H9BrF2N2O/c16-8-3-4-10(17)13(6-8)21-15-11(18)7-12(19)9-2-1-5-20-14(9)15/h1-7H,19H2. The van der Waals surface area contributed by atoms with Crippen LogP contribution >= 0.6 is 15.9 Å². The number of hydrogen-bond acceptors (Lipinski definition) is 3. The topological polar surface area (TPSA) is 48.1 Å². The lowest BCUT2D eigenvalue weighted by atomic mass is 10.1. The first-order chi connectivity index (χ1) is 10.1. The van der Waals surface area contributed by atoms with Gasteiger partial charge in [0.1, 0.15) is 5.52 Å². The van der Waals surface area contributed by atoms with Gasteiger partial charge in [-0.3, -0.25) is 4.98 Å². The Hall–Kier alpha value is -2.21. The number of anilines is 1. The van der Waals surface area contributed by atoms with Gasteiger partial charge in [-0.25, -0.2) is 8.78 Å². The number of benzene rings is 2. The van der Waals surface area contributed by atoms with Crippen molar-refractivity contribution in [1.29, 1.82) is 0 Å². The molecule has 0 saturated heterocycles. The largest absolute Gasteiger partial charge is 0.449 e. The van der Waals surface area contributed by atoms with Gasteiger partial charge in [-0.1, -0.05) is 15.9 Å². The van der Waals surface area contributed by atoms with Crippen molar-refractivity contribution in [2.24, 2.45) is 0 Å². The summed E-state index contributed by atoms with van der Waals surface area (Å²) in [6, 6.07) is 8.68. The van der Waals surface area contributed by atoms with Crippen LogP contribution in [0.5, 0.6) is 11.5 Å². The van der Waals surface area contributed by atoms with E-state index in [2.05, 4.69) is 20.9 Å². The molecule has 0 radical (unpaired) electrons. The molecular formula is C15H9BrF2N2O. The van der Waals surface area contributed by atoms with Crippen LogP contribution in [0.2, 0.25) is 0 Å². The minimum absolute atomic E-state index is 0.0972. The van der Waals surface area contributed by atoms with Gasteiger partial charge in [0, 0.05) is 27.8 Å². The highest BCUT2D eigenvalue weighted by molar-refractivity contribution is 9.10. The van der Waals surface area contributed by atoms with Crippen molar-refractivity contribution in [3.05, 3.63) is 58.7 Å². The van der Waals surface area contributed by atoms with E-state index in [0.717, 1.165) is 6.07 Å². The highest BCUT2D eigenvalue weighted by Crippen LogP contribution is 2.36. The number of fused-ring (bicyclic) bond motifs is 1. The molecule has 0 atom stereocenters. The number of hydrogen-bond donors (Lipinski definition) is 1. The summed E-state index contributed by atoms with van der Waals surface area (Å²) >= 11 is 3.21. The lowest BCUT2D eigenvalue weighted by Crippen LogP contribution is -1.97. The SMILES string of the molecule is Nc1cc(F)c(Oc2cc(Br)ccc2F)c2ncccc12. The summed E-state index contributed by atoms with van der Waals surface area (Å²) in [5.41, 5.74) is 6.25. The number of nitrogens with zero attached hydrogens (tertiary/aromatic N) is 1. The molecular weight excluding hydrogens is 342 g/mol. The second-order valence-corrected chi connectivity index (χ2v) is 5.27. The molecule has 0 spiro atoms. The van der Waals surface area contributed by atoms with Gasteiger partial charge < -0.3 is 10.5 Å². The van der Waals surface area contributed by atoms with Crippen LogP contribution in [0.25, 0.3) is 10.9 Å². The van der Waals surface area contributed by atoms with Gasteiger partial charge >= 0.3 is 0 Å². The first-order valence-corrected chi connectivity index (χ1v) is 6.81. The molecule has 3 aromatic rings. The van der Waals surface area contributed by atoms with Gasteiger partial charge in [-0.05, 0) is 30.3 Å². The molecule has 106 valence electrons. The molecule has 3 rings (SSSR count). The maximum atomic E-state index is 14.1. The third-order valence-electron chi connectivity index (χ3n) is 2.94. The first-order valence-electron chi connectivity index (χ1n) is 6.02. The average molecular weight is 351 g/mol. The Morgan fingerprint density at radius 3 is 2.71 bits per heavy atom. The third-order valence-corrected chi connectivity index (χ3v) is 3.43. The third kappa shape index (κ3) is 2.54. The number of nitrogens with two attached hydrogens (primary N) is 1. The van der Waals surface area contributed by atoms with E-state index in [1.807, 2.05) is 0 Å². The molecule has 0 aliphatic carbocycles. The van der Waals surface area contributed by atoms with Crippen molar-refractivity contribution in [2.45, 2.75) is 0 Å². The minimum Gasteiger partial charge on any atom is -0.449 e. The number of aromatic nitrogens is 1. The number of rotatable bonds is 2. The van der Waals surface area contributed by atoms with E-state index in [9.17, 15) is 8.78 Å². The number of halogens is 3. The van der Waals surface area contributed by atoms with Crippen LogP contribution in [0.1, 0.15) is 0 Å². The summed E-state index contributed by atoms with van der Waals surface area (Å²) < 4.78 is 33.9. The Morgan fingerprint density at radius 1 is 1.10 bits per heavy atom. The molecule has 1 aromatic heterocycles. The summed E-state index contributed by atoms with van der Waals surface area (Å²) in [4.78, 5) is 4.07. The Bertz CT molecular complexity index is 839. The van der Waals surface area contributed by atoms with Gasteiger partial charge in [0.25, 0.3) is 0 Å². The number of nitrogen functional groups attached to an aromatic ring is 1. The maximum Gasteiger partial charge on any atom is 0.189 e. The molecule has 0 fully saturated rings. The predicted molar refractivity (Wildman–Crippen MR) is 80.3 cm³/mol. The summed E-state index contributed by atoms with van der Waals surface area (Å²) in [6.07, 6.45) is 1.49. The van der Waals surface area contributed by atoms with Crippen LogP contribution in [0, 0.1) is 11.6 Å². The molecule has 1 heterocycles. The zero-order chi connectivity index (χ0) is 15.0. The van der Waals surface area contributed by atoms with Crippen LogP contribution in [0.4, 0.5) is 14.5 Å². The summed E-state index contributed by atoms with van der Waals surface area (Å²) in [5, 5.41) is 0.546. The molecule has 6 heteroatoms. The highest BCUT2D eigenvalue weighted by Gasteiger charge is 2.16. The zero-order valence-electron chi connectivity index (χ0n) is 10.6. The van der Waals surface area contributed by atoms with E-state index < -0.39 is 11.6 Å². The van der Waals surface area contributed by atoms with Crippen molar-refractivity contribution in [3.8, 4) is 11.5 Å². The molecule has 21 heavy (non-hydrogen) atoms. The Balaban J connectivity index is 2.19. The van der Waals surface area contributed by atoms with Crippen molar-refractivity contribution in [3.63, 3.8) is 0 Å². The molecule has 0 amide bonds. The van der Waals surface area contributed by atoms with Crippen molar-refractivity contribution in [2.75, 3.05) is 5.73 Å². The maximum absolute atomic E-state index is 14.1. The summed E-state index contributed by atoms with van der Waals surface area (Å²) in [5.74, 6) is -1.55. The highest BCUT2D eigenvalue weighted by atomic mass is 79.9. The average Bonchev–Trinajstić information content (AvgIpc) is 2.47. The van der Waals surface area contributed by atoms with E-state index in [-0.39, 0.29) is 22.7 Å². The molecule has 2 aromatic carbocycles. The van der Waals surface area contributed by atoms with Crippen LogP contribution in [0.3, 0.4) is 0 Å². The van der Waals surface area contributed by atoms with Gasteiger partial charge in [-0.15, -0.1) is 0 Å². The van der Waals surface area contributed by atoms with Gasteiger partial charge in [0.15, 0.2) is 23.1 Å². The lowest BCUT2D eigenvalue weighted by molar-refractivity contribution is 0.418. The van der Waals surface area contributed by atoms with Crippen LogP contribution < -0.4 is 10.5 Å². The molecule has 0 bridgehead atoms. The van der Waals surface area contributed by atoms with Crippen molar-refractivity contribution >= 4 is 32.5 Å². The van der Waals surface area contributed by atoms with E-state index in [4.69, 9.17) is 10.5 Å². The molecule has 3 nitrogen and oxygen atoms in total. The quantitative estimate of drug-likeness (QED) is 0.684. The van der Waals surface area contributed by atoms with Crippen LogP contribution in [0.15, 0.2) is 47.1 Å². The molecule has 0 aliphatic rings. The number of pyridine rings is 1. The molecule has 0 unspecified atom stereocenters. The van der Waals surface area contributed by atoms with E-state index in [0.29, 0.717) is 9.86 Å². The van der Waals surface area contributed by atoms with E-state index >= 15 is 0 Å². The summed E-state index contributed by atoms with van der Waals surface area (Å²) in [7, 11) is 0. The fraction of sp³-hybridized carbons (Fsp3) is 0. The lowest BCUT2D eigenvalue weighted by Gasteiger charge is -2.11. The monoisotopic (exact) mass is 350 g/mol. The Kier molecular flexibility index (Phi) is 3.47. The first kappa shape index (κ1) is 13.8. The van der Waals surface area contributed by atoms with E-state index in [1.54, 1.807) is 12.1 Å². The van der Waals surface area contributed by atoms with Gasteiger partial charge in [0.2, 0.25) is 0 Å². The fourth-order valence-electron chi connectivity index (χ4n) is 1.97. The van der Waals surface area contributed by atoms with Gasteiger partial charge in [-0.2, -0.15) is 0 Å². The normalized spacial score (nSPS) is 10.8. The van der Waals surface area contributed by atoms with Crippen molar-refractivity contribution in [1.82, 2.24) is 4.98 Å². The minimum atomic E-state index is -0.696. The van der Waals surface area contributed by atoms with Crippen LogP contribution in [-0.4, -0.2) is 4.98 Å². The number of ether oxygens (including phenoxy) is 1. The molecule has 0 aliphatic heterocycles. The summed E-state index contributed by atoms with van der Waals surface area (Å²) in [6.45, 7) is 0. The van der Waals surface area contributed by atoms with Gasteiger partial charge in [0.05, 0.1) is 0 Å². The molecule has 2 N–H and O–H groups in total. The Morgan fingerprint density at radius 2 is 1.90 bits per heavy atom. The second kappa shape index (κ2) is 5.29. The van der Waals surface area contributed by atoms with Crippen LogP contribution in [-0.2, 0) is 0 Å².